The van der Waals surface area contributed by atoms with Crippen LogP contribution in [0.3, 0.4) is 0 Å². The van der Waals surface area contributed by atoms with Gasteiger partial charge in [-0.2, -0.15) is 0 Å². The zero-order valence-electron chi connectivity index (χ0n) is 43.0. The van der Waals surface area contributed by atoms with E-state index < -0.39 is 6.10 Å². The van der Waals surface area contributed by atoms with Crippen molar-refractivity contribution in [2.45, 2.75) is 284 Å². The van der Waals surface area contributed by atoms with E-state index in [2.05, 4.69) is 81.5 Å². The lowest BCUT2D eigenvalue weighted by atomic mass is 10.1. The minimum absolute atomic E-state index is 0.0818. The summed E-state index contributed by atoms with van der Waals surface area (Å²) >= 11 is 0. The summed E-state index contributed by atoms with van der Waals surface area (Å²) in [5.74, 6) is -0.896. The van der Waals surface area contributed by atoms with Crippen LogP contribution in [-0.4, -0.2) is 37.2 Å². The molecule has 0 radical (unpaired) electrons. The molecule has 0 aromatic rings. The van der Waals surface area contributed by atoms with Crippen LogP contribution in [0.4, 0.5) is 0 Å². The third-order valence-corrected chi connectivity index (χ3v) is 12.0. The molecule has 376 valence electrons. The van der Waals surface area contributed by atoms with E-state index in [0.717, 1.165) is 89.9 Å². The second kappa shape index (κ2) is 53.7. The molecule has 0 N–H and O–H groups in total. The van der Waals surface area contributed by atoms with E-state index in [4.69, 9.17) is 14.2 Å². The monoisotopic (exact) mass is 909 g/mol. The molecule has 0 unspecified atom stereocenters. The van der Waals surface area contributed by atoms with Crippen LogP contribution in [-0.2, 0) is 28.6 Å². The van der Waals surface area contributed by atoms with Gasteiger partial charge >= 0.3 is 17.9 Å². The molecule has 6 nitrogen and oxygen atoms in total. The summed E-state index contributed by atoms with van der Waals surface area (Å²) < 4.78 is 16.8. The lowest BCUT2D eigenvalue weighted by Gasteiger charge is -2.18. The number of hydrogen-bond acceptors (Lipinski definition) is 6. The molecule has 0 aliphatic carbocycles. The molecule has 0 fully saturated rings. The average Bonchev–Trinajstić information content (AvgIpc) is 3.30. The van der Waals surface area contributed by atoms with Crippen molar-refractivity contribution >= 4 is 17.9 Å². The van der Waals surface area contributed by atoms with Crippen LogP contribution in [0.25, 0.3) is 0 Å². The van der Waals surface area contributed by atoms with Crippen LogP contribution in [0.15, 0.2) is 60.8 Å². The molecule has 6 heteroatoms. The lowest BCUT2D eigenvalue weighted by Crippen LogP contribution is -2.30. The maximum absolute atomic E-state index is 12.8. The fraction of sp³-hybridized carbons (Fsp3) is 0.780. The van der Waals surface area contributed by atoms with E-state index in [1.54, 1.807) is 0 Å². The zero-order chi connectivity index (χ0) is 47.2. The van der Waals surface area contributed by atoms with Crippen LogP contribution < -0.4 is 0 Å². The number of esters is 3. The third-order valence-electron chi connectivity index (χ3n) is 12.0. The molecule has 0 spiro atoms. The normalized spacial score (nSPS) is 12.5. The lowest BCUT2D eigenvalue weighted by molar-refractivity contribution is -0.167. The maximum Gasteiger partial charge on any atom is 0.306 e. The SMILES string of the molecule is CCCC/C=C\CCCCCCCC(=O)O[C@@H](COC(=O)CCCCCCCCC/C=C\C/C=C\CCCCC)COC(=O)CCCCCCCCCCC/C=C\C/C=C\CCCCC. The molecule has 1 atom stereocenters. The van der Waals surface area contributed by atoms with Crippen molar-refractivity contribution in [2.75, 3.05) is 13.2 Å². The number of allylic oxidation sites excluding steroid dienone is 10. The molecular formula is C59H104O6. The van der Waals surface area contributed by atoms with Gasteiger partial charge in [0.1, 0.15) is 13.2 Å². The van der Waals surface area contributed by atoms with Crippen LogP contribution >= 0.6 is 0 Å². The quantitative estimate of drug-likeness (QED) is 0.0262. The second-order valence-electron chi connectivity index (χ2n) is 18.5. The van der Waals surface area contributed by atoms with E-state index in [1.807, 2.05) is 0 Å². The Hall–Kier alpha value is -2.89. The molecule has 0 heterocycles. The Morgan fingerprint density at radius 3 is 0.908 bits per heavy atom. The molecule has 0 aromatic heterocycles. The van der Waals surface area contributed by atoms with Gasteiger partial charge in [0.2, 0.25) is 0 Å². The van der Waals surface area contributed by atoms with Crippen LogP contribution in [0.2, 0.25) is 0 Å². The average molecular weight is 909 g/mol. The van der Waals surface area contributed by atoms with Crippen LogP contribution in [0.5, 0.6) is 0 Å². The highest BCUT2D eigenvalue weighted by molar-refractivity contribution is 5.71. The minimum atomic E-state index is -0.782. The van der Waals surface area contributed by atoms with Crippen LogP contribution in [0, 0.1) is 0 Å². The Morgan fingerprint density at radius 2 is 0.569 bits per heavy atom. The third kappa shape index (κ3) is 51.9. The number of carbonyl (C=O) groups is 3. The molecule has 0 rings (SSSR count). The summed E-state index contributed by atoms with van der Waals surface area (Å²) in [5.41, 5.74) is 0. The van der Waals surface area contributed by atoms with Crippen molar-refractivity contribution < 1.29 is 28.6 Å². The van der Waals surface area contributed by atoms with Crippen LogP contribution in [0.1, 0.15) is 278 Å². The molecule has 0 amide bonds. The fourth-order valence-corrected chi connectivity index (χ4v) is 7.72. The van der Waals surface area contributed by atoms with E-state index >= 15 is 0 Å². The molecule has 0 aliphatic heterocycles. The Bertz CT molecular complexity index is 1180. The largest absolute Gasteiger partial charge is 0.462 e. The van der Waals surface area contributed by atoms with Gasteiger partial charge in [-0.05, 0) is 103 Å². The first kappa shape index (κ1) is 62.1. The summed E-state index contributed by atoms with van der Waals surface area (Å²) in [6.45, 7) is 6.55. The van der Waals surface area contributed by atoms with E-state index in [1.165, 1.54) is 148 Å². The van der Waals surface area contributed by atoms with E-state index in [0.29, 0.717) is 19.3 Å². The number of rotatable bonds is 50. The summed E-state index contributed by atoms with van der Waals surface area (Å²) in [4.78, 5) is 38.0. The van der Waals surface area contributed by atoms with Crippen molar-refractivity contribution in [1.82, 2.24) is 0 Å². The zero-order valence-corrected chi connectivity index (χ0v) is 43.0. The maximum atomic E-state index is 12.8. The second-order valence-corrected chi connectivity index (χ2v) is 18.5. The summed E-state index contributed by atoms with van der Waals surface area (Å²) in [5, 5.41) is 0. The Labute approximate surface area is 402 Å². The minimum Gasteiger partial charge on any atom is -0.462 e. The summed E-state index contributed by atoms with van der Waals surface area (Å²) in [7, 11) is 0. The van der Waals surface area contributed by atoms with Crippen molar-refractivity contribution in [3.05, 3.63) is 60.8 Å². The van der Waals surface area contributed by atoms with Gasteiger partial charge in [0, 0.05) is 19.3 Å². The van der Waals surface area contributed by atoms with Crippen molar-refractivity contribution in [2.24, 2.45) is 0 Å². The van der Waals surface area contributed by atoms with Crippen molar-refractivity contribution in [3.8, 4) is 0 Å². The first-order valence-electron chi connectivity index (χ1n) is 27.8. The molecule has 65 heavy (non-hydrogen) atoms. The predicted molar refractivity (Wildman–Crippen MR) is 279 cm³/mol. The number of unbranched alkanes of at least 4 members (excludes halogenated alkanes) is 29. The fourth-order valence-electron chi connectivity index (χ4n) is 7.72. The van der Waals surface area contributed by atoms with Gasteiger partial charge in [-0.15, -0.1) is 0 Å². The van der Waals surface area contributed by atoms with E-state index in [-0.39, 0.29) is 31.1 Å². The molecular weight excluding hydrogens is 805 g/mol. The van der Waals surface area contributed by atoms with Gasteiger partial charge in [0.25, 0.3) is 0 Å². The number of ether oxygens (including phenoxy) is 3. The Morgan fingerprint density at radius 1 is 0.308 bits per heavy atom. The van der Waals surface area contributed by atoms with Gasteiger partial charge in [-0.1, -0.05) is 216 Å². The molecule has 0 saturated heterocycles. The molecule has 0 bridgehead atoms. The Kier molecular flexibility index (Phi) is 51.3. The summed E-state index contributed by atoms with van der Waals surface area (Å²) in [6, 6.07) is 0. The standard InChI is InChI=1S/C59H104O6/c1-4-7-10-13-16-19-22-24-26-28-29-31-33-35-38-40-43-46-49-52-58(61)64-55-56(65-59(62)53-50-47-44-41-36-21-18-15-12-9-6-3)54-63-57(60)51-48-45-42-39-37-34-32-30-27-25-23-20-17-14-11-8-5-2/h15-20,24-27,56H,4-14,21-23,28-55H2,1-3H3/b18-15-,19-16-,20-17-,26-24-,27-25-/t56-/m0/s1. The smallest absolute Gasteiger partial charge is 0.306 e. The van der Waals surface area contributed by atoms with Gasteiger partial charge in [0.05, 0.1) is 0 Å². The van der Waals surface area contributed by atoms with Crippen molar-refractivity contribution in [3.63, 3.8) is 0 Å². The number of hydrogen-bond donors (Lipinski definition) is 0. The van der Waals surface area contributed by atoms with Gasteiger partial charge in [-0.3, -0.25) is 14.4 Å². The summed E-state index contributed by atoms with van der Waals surface area (Å²) in [6.07, 6.45) is 66.3. The Balaban J connectivity index is 4.33. The highest BCUT2D eigenvalue weighted by Crippen LogP contribution is 2.15. The van der Waals surface area contributed by atoms with Crippen molar-refractivity contribution in [1.29, 1.82) is 0 Å². The highest BCUT2D eigenvalue weighted by atomic mass is 16.6. The van der Waals surface area contributed by atoms with Gasteiger partial charge in [0.15, 0.2) is 6.10 Å². The van der Waals surface area contributed by atoms with Gasteiger partial charge < -0.3 is 14.2 Å². The highest BCUT2D eigenvalue weighted by Gasteiger charge is 2.19. The van der Waals surface area contributed by atoms with E-state index in [9.17, 15) is 14.4 Å². The first-order chi connectivity index (χ1) is 32.0. The van der Waals surface area contributed by atoms with Gasteiger partial charge in [-0.25, -0.2) is 0 Å². The predicted octanol–water partition coefficient (Wildman–Crippen LogP) is 18.4. The number of carbonyl (C=O) groups excluding carboxylic acids is 3. The molecule has 0 aromatic carbocycles. The molecule has 0 saturated carbocycles. The first-order valence-corrected chi connectivity index (χ1v) is 27.8. The topological polar surface area (TPSA) is 78.9 Å². The molecule has 0 aliphatic rings.